The molecule has 0 radical (unpaired) electrons. The van der Waals surface area contributed by atoms with E-state index in [0.29, 0.717) is 13.2 Å². The van der Waals surface area contributed by atoms with Gasteiger partial charge in [0.2, 0.25) is 0 Å². The van der Waals surface area contributed by atoms with Gasteiger partial charge < -0.3 is 14.6 Å². The van der Waals surface area contributed by atoms with Gasteiger partial charge in [-0.05, 0) is 12.8 Å². The van der Waals surface area contributed by atoms with Gasteiger partial charge in [-0.2, -0.15) is 0 Å². The molecule has 1 aliphatic carbocycles. The van der Waals surface area contributed by atoms with Crippen molar-refractivity contribution in [3.05, 3.63) is 0 Å². The topological polar surface area (TPSA) is 38.7 Å². The van der Waals surface area contributed by atoms with Crippen molar-refractivity contribution < 1.29 is 14.6 Å². The molecule has 0 aromatic heterocycles. The second-order valence-corrected chi connectivity index (χ2v) is 2.92. The van der Waals surface area contributed by atoms with Gasteiger partial charge in [0.1, 0.15) is 6.10 Å². The van der Waals surface area contributed by atoms with E-state index in [1.807, 2.05) is 0 Å². The highest BCUT2D eigenvalue weighted by Crippen LogP contribution is 2.37. The molecule has 0 amide bonds. The molecule has 1 heterocycles. The summed E-state index contributed by atoms with van der Waals surface area (Å²) in [7, 11) is 0. The first-order valence-corrected chi connectivity index (χ1v) is 3.79. The summed E-state index contributed by atoms with van der Waals surface area (Å²) in [6.45, 7) is 1.27. The van der Waals surface area contributed by atoms with Crippen LogP contribution in [-0.2, 0) is 9.47 Å². The lowest BCUT2D eigenvalue weighted by Crippen LogP contribution is -2.38. The highest BCUT2D eigenvalue weighted by atomic mass is 16.7. The molecule has 1 N–H and O–H groups in total. The minimum atomic E-state index is -0.597. The van der Waals surface area contributed by atoms with Crippen LogP contribution in [0.5, 0.6) is 0 Å². The number of aliphatic hydroxyl groups excluding tert-OH is 1. The molecule has 1 aliphatic heterocycles. The zero-order chi connectivity index (χ0) is 7.03. The molecule has 3 heteroatoms. The van der Waals surface area contributed by atoms with Crippen molar-refractivity contribution in [3.63, 3.8) is 0 Å². The zero-order valence-corrected chi connectivity index (χ0v) is 5.88. The van der Waals surface area contributed by atoms with E-state index in [1.54, 1.807) is 0 Å². The summed E-state index contributed by atoms with van der Waals surface area (Å²) in [6, 6.07) is 0. The van der Waals surface area contributed by atoms with Gasteiger partial charge in [-0.15, -0.1) is 0 Å². The fraction of sp³-hybridized carbons (Fsp3) is 1.00. The molecule has 58 valence electrons. The minimum Gasteiger partial charge on any atom is -0.388 e. The van der Waals surface area contributed by atoms with Crippen LogP contribution in [0.15, 0.2) is 0 Å². The minimum absolute atomic E-state index is 0.394. The van der Waals surface area contributed by atoms with Crippen LogP contribution in [0.4, 0.5) is 0 Å². The molecule has 1 unspecified atom stereocenters. The average molecular weight is 144 g/mol. The molecule has 2 fully saturated rings. The zero-order valence-electron chi connectivity index (χ0n) is 5.88. The van der Waals surface area contributed by atoms with Crippen molar-refractivity contribution in [1.82, 2.24) is 0 Å². The van der Waals surface area contributed by atoms with E-state index in [0.717, 1.165) is 19.3 Å². The van der Waals surface area contributed by atoms with Gasteiger partial charge in [0, 0.05) is 6.42 Å². The van der Waals surface area contributed by atoms with Crippen LogP contribution >= 0.6 is 0 Å². The predicted octanol–water partition coefficient (Wildman–Crippen LogP) is 0.274. The van der Waals surface area contributed by atoms with Crippen molar-refractivity contribution in [2.45, 2.75) is 31.2 Å². The summed E-state index contributed by atoms with van der Waals surface area (Å²) >= 11 is 0. The monoisotopic (exact) mass is 144 g/mol. The third kappa shape index (κ3) is 0.779. The van der Waals surface area contributed by atoms with E-state index >= 15 is 0 Å². The second kappa shape index (κ2) is 2.19. The molecule has 1 saturated heterocycles. The summed E-state index contributed by atoms with van der Waals surface area (Å²) in [5.74, 6) is -0.597. The van der Waals surface area contributed by atoms with E-state index < -0.39 is 11.9 Å². The number of hydrogen-bond donors (Lipinski definition) is 1. The first-order chi connectivity index (χ1) is 4.83. The Bertz CT molecular complexity index is 123. The van der Waals surface area contributed by atoms with Crippen LogP contribution in [-0.4, -0.2) is 30.2 Å². The van der Waals surface area contributed by atoms with Crippen molar-refractivity contribution >= 4 is 0 Å². The number of ether oxygens (including phenoxy) is 2. The summed E-state index contributed by atoms with van der Waals surface area (Å²) in [6.07, 6.45) is 2.30. The van der Waals surface area contributed by atoms with E-state index in [9.17, 15) is 5.11 Å². The van der Waals surface area contributed by atoms with Gasteiger partial charge >= 0.3 is 0 Å². The first-order valence-electron chi connectivity index (χ1n) is 3.79. The number of hydrogen-bond acceptors (Lipinski definition) is 3. The molecule has 0 aromatic rings. The molecular weight excluding hydrogens is 132 g/mol. The summed E-state index contributed by atoms with van der Waals surface area (Å²) in [4.78, 5) is 0. The molecular formula is C7H12O3. The van der Waals surface area contributed by atoms with Crippen molar-refractivity contribution in [1.29, 1.82) is 0 Å². The van der Waals surface area contributed by atoms with Crippen molar-refractivity contribution in [2.75, 3.05) is 13.2 Å². The SMILES string of the molecule is OC1CCCC12OCCO2. The third-order valence-electron chi connectivity index (χ3n) is 2.29. The first kappa shape index (κ1) is 6.58. The molecule has 10 heavy (non-hydrogen) atoms. The quantitative estimate of drug-likeness (QED) is 0.530. The average Bonchev–Trinajstić information content (AvgIpc) is 2.48. The second-order valence-electron chi connectivity index (χ2n) is 2.92. The molecule has 2 aliphatic rings. The molecule has 1 saturated carbocycles. The highest BCUT2D eigenvalue weighted by Gasteiger charge is 2.47. The van der Waals surface area contributed by atoms with Crippen LogP contribution in [0, 0.1) is 0 Å². The Morgan fingerprint density at radius 2 is 2.00 bits per heavy atom. The lowest BCUT2D eigenvalue weighted by Gasteiger charge is -2.24. The van der Waals surface area contributed by atoms with Crippen LogP contribution < -0.4 is 0 Å². The van der Waals surface area contributed by atoms with Gasteiger partial charge in [0.05, 0.1) is 13.2 Å². The Morgan fingerprint density at radius 1 is 1.30 bits per heavy atom. The molecule has 0 aromatic carbocycles. The fourth-order valence-electron chi connectivity index (χ4n) is 1.74. The molecule has 3 nitrogen and oxygen atoms in total. The summed E-state index contributed by atoms with van der Waals surface area (Å²) in [5, 5.41) is 9.43. The molecule has 1 spiro atoms. The predicted molar refractivity (Wildman–Crippen MR) is 34.5 cm³/mol. The third-order valence-corrected chi connectivity index (χ3v) is 2.29. The maximum atomic E-state index is 9.43. The van der Waals surface area contributed by atoms with Crippen LogP contribution in [0.3, 0.4) is 0 Å². The van der Waals surface area contributed by atoms with Crippen LogP contribution in [0.1, 0.15) is 19.3 Å². The smallest absolute Gasteiger partial charge is 0.194 e. The van der Waals surface area contributed by atoms with Gasteiger partial charge in [-0.1, -0.05) is 0 Å². The fourth-order valence-corrected chi connectivity index (χ4v) is 1.74. The van der Waals surface area contributed by atoms with E-state index in [4.69, 9.17) is 9.47 Å². The maximum Gasteiger partial charge on any atom is 0.194 e. The summed E-state index contributed by atoms with van der Waals surface area (Å²) < 4.78 is 10.7. The van der Waals surface area contributed by atoms with Gasteiger partial charge in [-0.3, -0.25) is 0 Å². The number of rotatable bonds is 0. The number of aliphatic hydroxyl groups is 1. The normalized spacial score (nSPS) is 37.5. The Balaban J connectivity index is 2.11. The van der Waals surface area contributed by atoms with E-state index in [-0.39, 0.29) is 0 Å². The summed E-state index contributed by atoms with van der Waals surface area (Å²) in [5.41, 5.74) is 0. The van der Waals surface area contributed by atoms with Crippen molar-refractivity contribution in [2.24, 2.45) is 0 Å². The Morgan fingerprint density at radius 3 is 2.50 bits per heavy atom. The highest BCUT2D eigenvalue weighted by molar-refractivity contribution is 4.88. The molecule has 2 rings (SSSR count). The van der Waals surface area contributed by atoms with Crippen LogP contribution in [0.25, 0.3) is 0 Å². The van der Waals surface area contributed by atoms with Gasteiger partial charge in [-0.25, -0.2) is 0 Å². The Kier molecular flexibility index (Phi) is 1.44. The van der Waals surface area contributed by atoms with Gasteiger partial charge in [0.15, 0.2) is 5.79 Å². The Labute approximate surface area is 59.9 Å². The molecule has 0 bridgehead atoms. The maximum absolute atomic E-state index is 9.43. The van der Waals surface area contributed by atoms with Gasteiger partial charge in [0.25, 0.3) is 0 Å². The van der Waals surface area contributed by atoms with Crippen LogP contribution in [0.2, 0.25) is 0 Å². The van der Waals surface area contributed by atoms with Crippen molar-refractivity contribution in [3.8, 4) is 0 Å². The Hall–Kier alpha value is -0.120. The van der Waals surface area contributed by atoms with E-state index in [1.165, 1.54) is 0 Å². The van der Waals surface area contributed by atoms with E-state index in [2.05, 4.69) is 0 Å². The molecule has 1 atom stereocenters. The lowest BCUT2D eigenvalue weighted by molar-refractivity contribution is -0.204. The lowest BCUT2D eigenvalue weighted by atomic mass is 10.2. The largest absolute Gasteiger partial charge is 0.388 e. The standard InChI is InChI=1S/C7H12O3/c8-6-2-1-3-7(6)9-4-5-10-7/h6,8H,1-5H2.